The molecule has 0 spiro atoms. The zero-order valence-corrected chi connectivity index (χ0v) is 24.2. The average molecular weight is 573 g/mol. The average Bonchev–Trinajstić information content (AvgIpc) is 3.75. The maximum atomic E-state index is 13.9. The number of amides is 4. The summed E-state index contributed by atoms with van der Waals surface area (Å²) in [5, 5.41) is 11.3. The first kappa shape index (κ1) is 26.9. The molecule has 0 unspecified atom stereocenters. The molecule has 2 aliphatic heterocycles. The predicted octanol–water partition coefficient (Wildman–Crippen LogP) is 5.48. The molecule has 2 atom stereocenters. The molecule has 4 aromatic carbocycles. The zero-order chi connectivity index (χ0) is 29.7. The number of fused-ring (bicyclic) bond motifs is 2. The second kappa shape index (κ2) is 10.4. The van der Waals surface area contributed by atoms with Crippen LogP contribution in [-0.4, -0.2) is 47.1 Å². The molecule has 43 heavy (non-hydrogen) atoms. The SMILES string of the molecule is COc1ccc([C@H]2CC(c3ccc4ccccc4c3)=NN2C(=O)CN2C(=O)N[C@](C)(c3ccc4c(c3)CCC4)C2=O)cc1. The molecular weight excluding hydrogens is 540 g/mol. The number of methoxy groups -OCH3 is 1. The molecule has 3 aliphatic rings. The maximum Gasteiger partial charge on any atom is 0.325 e. The first-order chi connectivity index (χ1) is 20.8. The molecule has 2 heterocycles. The van der Waals surface area contributed by atoms with E-state index in [0.29, 0.717) is 12.2 Å². The predicted molar refractivity (Wildman–Crippen MR) is 164 cm³/mol. The highest BCUT2D eigenvalue weighted by Gasteiger charge is 2.50. The van der Waals surface area contributed by atoms with Crippen LogP contribution in [0.5, 0.6) is 5.75 Å². The van der Waals surface area contributed by atoms with Crippen molar-refractivity contribution in [1.82, 2.24) is 15.2 Å². The lowest BCUT2D eigenvalue weighted by molar-refractivity contribution is -0.140. The van der Waals surface area contributed by atoms with Gasteiger partial charge in [0.15, 0.2) is 0 Å². The fraction of sp³-hybridized carbons (Fsp3) is 0.257. The number of hydrogen-bond donors (Lipinski definition) is 1. The Hall–Kier alpha value is -4.98. The third-order valence-electron chi connectivity index (χ3n) is 8.99. The minimum absolute atomic E-state index is 0.399. The van der Waals surface area contributed by atoms with E-state index >= 15 is 0 Å². The Labute approximate surface area is 249 Å². The van der Waals surface area contributed by atoms with Crippen LogP contribution < -0.4 is 10.1 Å². The van der Waals surface area contributed by atoms with Crippen LogP contribution in [0.1, 0.15) is 53.6 Å². The van der Waals surface area contributed by atoms with Crippen LogP contribution in [0, 0.1) is 0 Å². The van der Waals surface area contributed by atoms with Gasteiger partial charge in [-0.2, -0.15) is 5.10 Å². The van der Waals surface area contributed by atoms with E-state index < -0.39 is 36.0 Å². The summed E-state index contributed by atoms with van der Waals surface area (Å²) in [5.74, 6) is -0.165. The number of nitrogens with zero attached hydrogens (tertiary/aromatic N) is 3. The molecule has 1 N–H and O–H groups in total. The van der Waals surface area contributed by atoms with E-state index in [9.17, 15) is 14.4 Å². The second-order valence-electron chi connectivity index (χ2n) is 11.6. The lowest BCUT2D eigenvalue weighted by Gasteiger charge is -2.25. The van der Waals surface area contributed by atoms with Crippen molar-refractivity contribution in [3.05, 3.63) is 113 Å². The molecule has 1 fully saturated rings. The van der Waals surface area contributed by atoms with E-state index in [2.05, 4.69) is 17.4 Å². The summed E-state index contributed by atoms with van der Waals surface area (Å²) in [6.07, 6.45) is 3.57. The number of imide groups is 1. The quantitative estimate of drug-likeness (QED) is 0.310. The van der Waals surface area contributed by atoms with Gasteiger partial charge in [-0.1, -0.05) is 66.7 Å². The van der Waals surface area contributed by atoms with Crippen LogP contribution in [0.2, 0.25) is 0 Å². The summed E-state index contributed by atoms with van der Waals surface area (Å²) in [6.45, 7) is 1.30. The van der Waals surface area contributed by atoms with E-state index in [1.807, 2.05) is 72.8 Å². The molecule has 0 radical (unpaired) electrons. The van der Waals surface area contributed by atoms with Crippen molar-refractivity contribution >= 4 is 34.3 Å². The number of ether oxygens (including phenoxy) is 1. The number of benzene rings is 4. The maximum absolute atomic E-state index is 13.9. The summed E-state index contributed by atoms with van der Waals surface area (Å²) in [6, 6.07) is 26.8. The first-order valence-corrected chi connectivity index (χ1v) is 14.6. The normalized spacial score (nSPS) is 21.3. The van der Waals surface area contributed by atoms with Crippen LogP contribution in [0.25, 0.3) is 10.8 Å². The topological polar surface area (TPSA) is 91.3 Å². The van der Waals surface area contributed by atoms with Gasteiger partial charge >= 0.3 is 6.03 Å². The smallest absolute Gasteiger partial charge is 0.325 e. The fourth-order valence-electron chi connectivity index (χ4n) is 6.50. The highest BCUT2D eigenvalue weighted by Crippen LogP contribution is 2.36. The van der Waals surface area contributed by atoms with Crippen LogP contribution in [0.4, 0.5) is 4.79 Å². The molecule has 4 aromatic rings. The molecule has 1 aliphatic carbocycles. The van der Waals surface area contributed by atoms with Gasteiger partial charge in [-0.3, -0.25) is 14.5 Å². The molecular formula is C35H32N4O4. The summed E-state index contributed by atoms with van der Waals surface area (Å²) < 4.78 is 5.33. The third-order valence-corrected chi connectivity index (χ3v) is 8.99. The number of carbonyl (C=O) groups is 3. The zero-order valence-electron chi connectivity index (χ0n) is 24.2. The second-order valence-corrected chi connectivity index (χ2v) is 11.6. The van der Waals surface area contributed by atoms with Gasteiger partial charge in [0.2, 0.25) is 0 Å². The van der Waals surface area contributed by atoms with Crippen molar-refractivity contribution in [2.75, 3.05) is 13.7 Å². The number of urea groups is 1. The molecule has 1 saturated heterocycles. The van der Waals surface area contributed by atoms with Crippen LogP contribution in [0.15, 0.2) is 90.0 Å². The van der Waals surface area contributed by atoms with Crippen LogP contribution in [-0.2, 0) is 28.0 Å². The van der Waals surface area contributed by atoms with Crippen molar-refractivity contribution in [3.8, 4) is 5.75 Å². The number of nitrogens with one attached hydrogen (secondary N) is 1. The highest BCUT2D eigenvalue weighted by atomic mass is 16.5. The van der Waals surface area contributed by atoms with Crippen LogP contribution in [0.3, 0.4) is 0 Å². The number of aryl methyl sites for hydroxylation is 2. The number of hydrogen-bond acceptors (Lipinski definition) is 5. The summed E-state index contributed by atoms with van der Waals surface area (Å²) >= 11 is 0. The Balaban J connectivity index is 1.18. The molecule has 8 heteroatoms. The van der Waals surface area contributed by atoms with Gasteiger partial charge in [0.05, 0.1) is 18.9 Å². The monoisotopic (exact) mass is 572 g/mol. The fourth-order valence-corrected chi connectivity index (χ4v) is 6.50. The minimum Gasteiger partial charge on any atom is -0.497 e. The van der Waals surface area contributed by atoms with Crippen molar-refractivity contribution < 1.29 is 19.1 Å². The minimum atomic E-state index is -1.24. The van der Waals surface area contributed by atoms with Gasteiger partial charge in [-0.25, -0.2) is 9.80 Å². The molecule has 7 rings (SSSR count). The lowest BCUT2D eigenvalue weighted by Crippen LogP contribution is -2.43. The Morgan fingerprint density at radius 2 is 1.72 bits per heavy atom. The van der Waals surface area contributed by atoms with E-state index in [1.54, 1.807) is 14.0 Å². The van der Waals surface area contributed by atoms with Gasteiger partial charge < -0.3 is 10.1 Å². The van der Waals surface area contributed by atoms with E-state index in [0.717, 1.165) is 57.3 Å². The van der Waals surface area contributed by atoms with Crippen molar-refractivity contribution in [3.63, 3.8) is 0 Å². The van der Waals surface area contributed by atoms with Gasteiger partial charge in [-0.05, 0) is 83.0 Å². The Morgan fingerprint density at radius 1 is 0.953 bits per heavy atom. The van der Waals surface area contributed by atoms with Gasteiger partial charge in [0.1, 0.15) is 17.8 Å². The summed E-state index contributed by atoms with van der Waals surface area (Å²) in [7, 11) is 1.61. The van der Waals surface area contributed by atoms with Gasteiger partial charge in [0, 0.05) is 6.42 Å². The Kier molecular flexibility index (Phi) is 6.49. The molecule has 0 bridgehead atoms. The number of carbonyl (C=O) groups excluding carboxylic acids is 3. The first-order valence-electron chi connectivity index (χ1n) is 14.6. The van der Waals surface area contributed by atoms with Crippen LogP contribution >= 0.6 is 0 Å². The van der Waals surface area contributed by atoms with Crippen molar-refractivity contribution in [2.45, 2.75) is 44.2 Å². The van der Waals surface area contributed by atoms with Gasteiger partial charge in [-0.15, -0.1) is 0 Å². The summed E-state index contributed by atoms with van der Waals surface area (Å²) in [5.41, 5.74) is 4.56. The molecule has 4 amide bonds. The lowest BCUT2D eigenvalue weighted by atomic mass is 9.89. The largest absolute Gasteiger partial charge is 0.497 e. The summed E-state index contributed by atoms with van der Waals surface area (Å²) in [4.78, 5) is 41.8. The Bertz CT molecular complexity index is 1810. The molecule has 0 saturated carbocycles. The standard InChI is InChI=1S/C35H32N4O4/c1-35(28-15-12-23-8-5-9-26(23)19-28)33(41)38(34(42)36-35)21-32(40)39-31(24-13-16-29(43-2)17-14-24)20-30(37-39)27-11-10-22-6-3-4-7-25(22)18-27/h3-4,6-7,10-19,31H,5,8-9,20-21H2,1-2H3,(H,36,42)/t31-,35-/m1/s1. The van der Waals surface area contributed by atoms with Crippen molar-refractivity contribution in [1.29, 1.82) is 0 Å². The van der Waals surface area contributed by atoms with E-state index in [1.165, 1.54) is 16.1 Å². The van der Waals surface area contributed by atoms with E-state index in [4.69, 9.17) is 9.84 Å². The molecule has 0 aromatic heterocycles. The highest BCUT2D eigenvalue weighted by molar-refractivity contribution is 6.10. The molecule has 8 nitrogen and oxygen atoms in total. The van der Waals surface area contributed by atoms with E-state index in [-0.39, 0.29) is 0 Å². The van der Waals surface area contributed by atoms with Crippen molar-refractivity contribution in [2.24, 2.45) is 5.10 Å². The number of rotatable bonds is 6. The third kappa shape index (κ3) is 4.63. The molecule has 216 valence electrons. The van der Waals surface area contributed by atoms with Gasteiger partial charge in [0.25, 0.3) is 11.8 Å². The number of hydrazone groups is 1. The Morgan fingerprint density at radius 3 is 2.51 bits per heavy atom.